The minimum atomic E-state index is 0.128. The quantitative estimate of drug-likeness (QED) is 0.880. The minimum Gasteiger partial charge on any atom is -0.340 e. The van der Waals surface area contributed by atoms with E-state index in [9.17, 15) is 4.79 Å². The van der Waals surface area contributed by atoms with Crippen LogP contribution in [0, 0.1) is 11.3 Å². The van der Waals surface area contributed by atoms with Gasteiger partial charge in [0.2, 0.25) is 5.91 Å². The van der Waals surface area contributed by atoms with Crippen molar-refractivity contribution in [1.29, 1.82) is 0 Å². The summed E-state index contributed by atoms with van der Waals surface area (Å²) in [7, 11) is 0. The summed E-state index contributed by atoms with van der Waals surface area (Å²) in [5.74, 6) is 0.735. The van der Waals surface area contributed by atoms with Gasteiger partial charge in [-0.2, -0.15) is 0 Å². The molecule has 144 valence electrons. The summed E-state index contributed by atoms with van der Waals surface area (Å²) in [5, 5.41) is 6.83. The molecule has 1 amide bonds. The van der Waals surface area contributed by atoms with Crippen molar-refractivity contribution in [2.75, 3.05) is 39.3 Å². The number of carbonyl (C=O) groups is 1. The largest absolute Gasteiger partial charge is 0.340 e. The topological polar surface area (TPSA) is 48.5 Å². The van der Waals surface area contributed by atoms with E-state index in [-0.39, 0.29) is 5.41 Å². The van der Waals surface area contributed by atoms with Crippen molar-refractivity contribution in [2.45, 2.75) is 52.0 Å². The second kappa shape index (κ2) is 6.88. The van der Waals surface area contributed by atoms with Gasteiger partial charge in [-0.1, -0.05) is 20.8 Å². The molecule has 1 N–H and O–H groups in total. The third-order valence-corrected chi connectivity index (χ3v) is 7.67. The number of carbonyl (C=O) groups excluding carboxylic acids is 1. The third-order valence-electron chi connectivity index (χ3n) is 6.35. The highest BCUT2D eigenvalue weighted by Crippen LogP contribution is 2.59. The van der Waals surface area contributed by atoms with Crippen molar-refractivity contribution < 1.29 is 4.79 Å². The van der Waals surface area contributed by atoms with Crippen LogP contribution in [0.3, 0.4) is 0 Å². The van der Waals surface area contributed by atoms with Crippen LogP contribution in [0.25, 0.3) is 0 Å². The second-order valence-corrected chi connectivity index (χ2v) is 10.2. The maximum absolute atomic E-state index is 12.9. The molecule has 1 unspecified atom stereocenters. The van der Waals surface area contributed by atoms with Gasteiger partial charge >= 0.3 is 0 Å². The highest BCUT2D eigenvalue weighted by Gasteiger charge is 2.58. The van der Waals surface area contributed by atoms with E-state index in [1.54, 1.807) is 11.3 Å². The Labute approximate surface area is 161 Å². The smallest absolute Gasteiger partial charge is 0.226 e. The van der Waals surface area contributed by atoms with Gasteiger partial charge in [-0.3, -0.25) is 9.69 Å². The number of aromatic nitrogens is 1. The molecule has 1 atom stereocenters. The Bertz CT molecular complexity index is 651. The highest BCUT2D eigenvalue weighted by atomic mass is 32.1. The van der Waals surface area contributed by atoms with Crippen molar-refractivity contribution in [3.63, 3.8) is 0 Å². The van der Waals surface area contributed by atoms with Crippen molar-refractivity contribution >= 4 is 17.2 Å². The Balaban J connectivity index is 1.27. The molecule has 3 aliphatic rings. The molecule has 2 saturated heterocycles. The van der Waals surface area contributed by atoms with Gasteiger partial charge in [0.25, 0.3) is 0 Å². The lowest BCUT2D eigenvalue weighted by Gasteiger charge is -2.35. The maximum atomic E-state index is 12.9. The fourth-order valence-electron chi connectivity index (χ4n) is 4.47. The first-order valence-electron chi connectivity index (χ1n) is 10.0. The zero-order chi connectivity index (χ0) is 18.4. The SMILES string of the molecule is CC(C)(C)c1nc(CN2CCN(C(=O)C3CC34CCNCC4)CC2)cs1. The van der Waals surface area contributed by atoms with E-state index in [0.717, 1.165) is 52.2 Å². The second-order valence-electron chi connectivity index (χ2n) is 9.36. The summed E-state index contributed by atoms with van der Waals surface area (Å²) < 4.78 is 0. The number of piperidine rings is 1. The van der Waals surface area contributed by atoms with Crippen LogP contribution in [0.4, 0.5) is 0 Å². The van der Waals surface area contributed by atoms with Crippen molar-refractivity contribution in [1.82, 2.24) is 20.1 Å². The predicted octanol–water partition coefficient (Wildman–Crippen LogP) is 2.47. The molecule has 0 bridgehead atoms. The van der Waals surface area contributed by atoms with Gasteiger partial charge in [0.1, 0.15) is 0 Å². The normalized spacial score (nSPS) is 26.3. The number of nitrogens with one attached hydrogen (secondary N) is 1. The van der Waals surface area contributed by atoms with E-state index in [1.165, 1.54) is 23.5 Å². The minimum absolute atomic E-state index is 0.128. The summed E-state index contributed by atoms with van der Waals surface area (Å²) in [6.07, 6.45) is 3.49. The van der Waals surface area contributed by atoms with E-state index in [4.69, 9.17) is 4.98 Å². The van der Waals surface area contributed by atoms with Crippen LogP contribution in [0.5, 0.6) is 0 Å². The number of piperazine rings is 1. The first-order valence-corrected chi connectivity index (χ1v) is 10.9. The summed E-state index contributed by atoms with van der Waals surface area (Å²) in [6, 6.07) is 0. The Morgan fingerprint density at radius 3 is 2.58 bits per heavy atom. The predicted molar refractivity (Wildman–Crippen MR) is 105 cm³/mol. The molecule has 3 fully saturated rings. The molecule has 1 aliphatic carbocycles. The van der Waals surface area contributed by atoms with Gasteiger partial charge in [-0.15, -0.1) is 11.3 Å². The molecule has 0 radical (unpaired) electrons. The summed E-state index contributed by atoms with van der Waals surface area (Å²) in [6.45, 7) is 13.4. The van der Waals surface area contributed by atoms with Crippen molar-refractivity contribution in [3.05, 3.63) is 16.1 Å². The van der Waals surface area contributed by atoms with Gasteiger partial charge in [0.15, 0.2) is 0 Å². The van der Waals surface area contributed by atoms with E-state index in [1.807, 2.05) is 0 Å². The van der Waals surface area contributed by atoms with Gasteiger partial charge < -0.3 is 10.2 Å². The molecular weight excluding hydrogens is 344 g/mol. The highest BCUT2D eigenvalue weighted by molar-refractivity contribution is 7.09. The molecule has 26 heavy (non-hydrogen) atoms. The summed E-state index contributed by atoms with van der Waals surface area (Å²) in [4.78, 5) is 22.3. The van der Waals surface area contributed by atoms with Crippen LogP contribution in [0.2, 0.25) is 0 Å². The van der Waals surface area contributed by atoms with Crippen LogP contribution in [-0.2, 0) is 16.8 Å². The fourth-order valence-corrected chi connectivity index (χ4v) is 5.37. The number of rotatable bonds is 3. The molecule has 6 heteroatoms. The molecular formula is C20H32N4OS. The van der Waals surface area contributed by atoms with Crippen LogP contribution >= 0.6 is 11.3 Å². The third kappa shape index (κ3) is 3.69. The lowest BCUT2D eigenvalue weighted by molar-refractivity contribution is -0.135. The Morgan fingerprint density at radius 2 is 1.96 bits per heavy atom. The average Bonchev–Trinajstić information content (AvgIpc) is 3.07. The number of hydrogen-bond donors (Lipinski definition) is 1. The molecule has 1 aromatic heterocycles. The number of hydrogen-bond acceptors (Lipinski definition) is 5. The van der Waals surface area contributed by atoms with E-state index < -0.39 is 0 Å². The summed E-state index contributed by atoms with van der Waals surface area (Å²) in [5.41, 5.74) is 1.65. The molecule has 4 rings (SSSR count). The van der Waals surface area contributed by atoms with Crippen molar-refractivity contribution in [3.8, 4) is 0 Å². The maximum Gasteiger partial charge on any atom is 0.226 e. The average molecular weight is 377 g/mol. The van der Waals surface area contributed by atoms with Crippen LogP contribution in [-0.4, -0.2) is 60.0 Å². The molecule has 5 nitrogen and oxygen atoms in total. The van der Waals surface area contributed by atoms with Crippen LogP contribution < -0.4 is 5.32 Å². The standard InChI is InChI=1S/C20H32N4OS/c1-19(2,3)18-22-15(14-26-18)13-23-8-10-24(11-9-23)17(25)16-12-20(16)4-6-21-7-5-20/h14,16,21H,4-13H2,1-3H3. The Kier molecular flexibility index (Phi) is 4.86. The van der Waals surface area contributed by atoms with Gasteiger partial charge in [0.05, 0.1) is 10.7 Å². The van der Waals surface area contributed by atoms with Gasteiger partial charge in [0, 0.05) is 49.4 Å². The Hall–Kier alpha value is -0.980. The first-order chi connectivity index (χ1) is 12.4. The number of amides is 1. The molecule has 3 heterocycles. The molecule has 1 aromatic rings. The summed E-state index contributed by atoms with van der Waals surface area (Å²) >= 11 is 1.77. The molecule has 1 spiro atoms. The van der Waals surface area contributed by atoms with E-state index in [2.05, 4.69) is 41.3 Å². The Morgan fingerprint density at radius 1 is 1.27 bits per heavy atom. The van der Waals surface area contributed by atoms with Crippen molar-refractivity contribution in [2.24, 2.45) is 11.3 Å². The lowest BCUT2D eigenvalue weighted by atomic mass is 9.91. The van der Waals surface area contributed by atoms with Crippen LogP contribution in [0.1, 0.15) is 50.7 Å². The molecule has 1 saturated carbocycles. The van der Waals surface area contributed by atoms with Crippen LogP contribution in [0.15, 0.2) is 5.38 Å². The number of nitrogens with zero attached hydrogens (tertiary/aromatic N) is 3. The zero-order valence-corrected chi connectivity index (χ0v) is 17.2. The lowest BCUT2D eigenvalue weighted by Crippen LogP contribution is -2.49. The zero-order valence-electron chi connectivity index (χ0n) is 16.4. The van der Waals surface area contributed by atoms with Gasteiger partial charge in [-0.25, -0.2) is 4.98 Å². The monoisotopic (exact) mass is 376 g/mol. The van der Waals surface area contributed by atoms with E-state index in [0.29, 0.717) is 17.2 Å². The fraction of sp³-hybridized carbons (Fsp3) is 0.800. The molecule has 2 aliphatic heterocycles. The van der Waals surface area contributed by atoms with E-state index >= 15 is 0 Å². The molecule has 0 aromatic carbocycles. The first kappa shape index (κ1) is 18.4. The number of thiazole rings is 1. The van der Waals surface area contributed by atoms with Gasteiger partial charge in [-0.05, 0) is 37.8 Å².